The lowest BCUT2D eigenvalue weighted by atomic mass is 9.98. The average molecular weight is 405 g/mol. The van der Waals surface area contributed by atoms with Gasteiger partial charge in [-0.25, -0.2) is 0 Å². The summed E-state index contributed by atoms with van der Waals surface area (Å²) in [6, 6.07) is 16.7. The fraction of sp³-hybridized carbons (Fsp3) is 0.375. The molecule has 30 heavy (non-hydrogen) atoms. The molecule has 0 spiro atoms. The smallest absolute Gasteiger partial charge is 0.316 e. The van der Waals surface area contributed by atoms with Crippen LogP contribution >= 0.6 is 0 Å². The number of likely N-dealkylation sites (tertiary alicyclic amines) is 1. The minimum absolute atomic E-state index is 0.0659. The Bertz CT molecular complexity index is 918. The molecule has 4 rings (SSSR count). The predicted octanol–water partition coefficient (Wildman–Crippen LogP) is 2.93. The summed E-state index contributed by atoms with van der Waals surface area (Å²) in [5.41, 5.74) is 2.32. The van der Waals surface area contributed by atoms with Crippen molar-refractivity contribution in [2.24, 2.45) is 5.92 Å². The standard InChI is InChI=1S/C24H27N3O3/c1-18-11-13-25(14-12-18)22(28)20-9-7-19(8-10-20)17-26-15-16-27(24(30)23(26)29)21-5-3-2-4-6-21/h2-10,18H,11-17H2,1H3. The van der Waals surface area contributed by atoms with Crippen LogP contribution < -0.4 is 4.90 Å². The number of para-hydroxylation sites is 1. The molecule has 0 unspecified atom stereocenters. The van der Waals surface area contributed by atoms with E-state index in [1.807, 2.05) is 59.5 Å². The Hall–Kier alpha value is -3.15. The Morgan fingerprint density at radius 2 is 1.53 bits per heavy atom. The molecule has 0 atom stereocenters. The summed E-state index contributed by atoms with van der Waals surface area (Å²) in [6.07, 6.45) is 2.10. The zero-order valence-electron chi connectivity index (χ0n) is 17.3. The van der Waals surface area contributed by atoms with Gasteiger partial charge in [0.25, 0.3) is 5.91 Å². The van der Waals surface area contributed by atoms with Crippen molar-refractivity contribution < 1.29 is 14.4 Å². The summed E-state index contributed by atoms with van der Waals surface area (Å²) in [7, 11) is 0. The van der Waals surface area contributed by atoms with Gasteiger partial charge in [0.2, 0.25) is 0 Å². The molecule has 0 aromatic heterocycles. The van der Waals surface area contributed by atoms with E-state index in [4.69, 9.17) is 0 Å². The first-order valence-corrected chi connectivity index (χ1v) is 10.6. The number of anilines is 1. The number of hydrogen-bond acceptors (Lipinski definition) is 3. The molecule has 0 saturated carbocycles. The second-order valence-electron chi connectivity index (χ2n) is 8.19. The van der Waals surface area contributed by atoms with Crippen LogP contribution in [0.4, 0.5) is 5.69 Å². The molecule has 2 aromatic rings. The van der Waals surface area contributed by atoms with E-state index < -0.39 is 11.8 Å². The monoisotopic (exact) mass is 405 g/mol. The molecule has 2 saturated heterocycles. The van der Waals surface area contributed by atoms with Gasteiger partial charge in [-0.1, -0.05) is 37.3 Å². The van der Waals surface area contributed by atoms with E-state index in [-0.39, 0.29) is 5.91 Å². The summed E-state index contributed by atoms with van der Waals surface area (Å²) in [6.45, 7) is 5.16. The van der Waals surface area contributed by atoms with Crippen LogP contribution in [0.2, 0.25) is 0 Å². The van der Waals surface area contributed by atoms with Crippen molar-refractivity contribution in [1.82, 2.24) is 9.80 Å². The molecule has 2 aliphatic rings. The van der Waals surface area contributed by atoms with Crippen molar-refractivity contribution in [2.75, 3.05) is 31.1 Å². The van der Waals surface area contributed by atoms with E-state index in [0.717, 1.165) is 37.2 Å². The van der Waals surface area contributed by atoms with Gasteiger partial charge in [0.15, 0.2) is 0 Å². The summed E-state index contributed by atoms with van der Waals surface area (Å²) in [5.74, 6) is -0.249. The number of piperidine rings is 1. The Labute approximate surface area is 177 Å². The molecule has 156 valence electrons. The highest BCUT2D eigenvalue weighted by Gasteiger charge is 2.33. The van der Waals surface area contributed by atoms with Crippen molar-refractivity contribution in [1.29, 1.82) is 0 Å². The van der Waals surface area contributed by atoms with Crippen LogP contribution in [0.3, 0.4) is 0 Å². The van der Waals surface area contributed by atoms with Gasteiger partial charge in [-0.15, -0.1) is 0 Å². The molecule has 0 bridgehead atoms. The predicted molar refractivity (Wildman–Crippen MR) is 115 cm³/mol. The number of amides is 3. The van der Waals surface area contributed by atoms with Crippen molar-refractivity contribution in [2.45, 2.75) is 26.3 Å². The fourth-order valence-electron chi connectivity index (χ4n) is 4.05. The lowest BCUT2D eigenvalue weighted by molar-refractivity contribution is -0.146. The van der Waals surface area contributed by atoms with Crippen LogP contribution in [-0.2, 0) is 16.1 Å². The zero-order valence-corrected chi connectivity index (χ0v) is 17.3. The summed E-state index contributed by atoms with van der Waals surface area (Å²) >= 11 is 0. The third-order valence-corrected chi connectivity index (χ3v) is 6.02. The van der Waals surface area contributed by atoms with Crippen LogP contribution in [0.1, 0.15) is 35.7 Å². The molecule has 0 radical (unpaired) electrons. The van der Waals surface area contributed by atoms with Crippen molar-refractivity contribution in [3.63, 3.8) is 0 Å². The molecule has 2 aliphatic heterocycles. The van der Waals surface area contributed by atoms with Crippen LogP contribution in [0.15, 0.2) is 54.6 Å². The molecular weight excluding hydrogens is 378 g/mol. The first-order chi connectivity index (χ1) is 14.5. The van der Waals surface area contributed by atoms with E-state index in [2.05, 4.69) is 6.92 Å². The summed E-state index contributed by atoms with van der Waals surface area (Å²) < 4.78 is 0. The van der Waals surface area contributed by atoms with Gasteiger partial charge < -0.3 is 14.7 Å². The largest absolute Gasteiger partial charge is 0.339 e. The van der Waals surface area contributed by atoms with Crippen LogP contribution in [0, 0.1) is 5.92 Å². The molecule has 0 N–H and O–H groups in total. The maximum Gasteiger partial charge on any atom is 0.316 e. The molecular formula is C24H27N3O3. The van der Waals surface area contributed by atoms with Crippen LogP contribution in [0.5, 0.6) is 0 Å². The highest BCUT2D eigenvalue weighted by molar-refractivity contribution is 6.40. The van der Waals surface area contributed by atoms with E-state index in [1.54, 1.807) is 4.90 Å². The first-order valence-electron chi connectivity index (χ1n) is 10.6. The minimum atomic E-state index is -0.501. The van der Waals surface area contributed by atoms with Gasteiger partial charge in [0.05, 0.1) is 0 Å². The van der Waals surface area contributed by atoms with E-state index in [1.165, 1.54) is 4.90 Å². The zero-order chi connectivity index (χ0) is 21.1. The number of rotatable bonds is 4. The third-order valence-electron chi connectivity index (χ3n) is 6.02. The second-order valence-corrected chi connectivity index (χ2v) is 8.19. The maximum absolute atomic E-state index is 12.7. The Kier molecular flexibility index (Phi) is 5.84. The van der Waals surface area contributed by atoms with Gasteiger partial charge >= 0.3 is 11.8 Å². The average Bonchev–Trinajstić information content (AvgIpc) is 2.78. The van der Waals surface area contributed by atoms with Gasteiger partial charge in [-0.2, -0.15) is 0 Å². The normalized spacial score (nSPS) is 18.1. The molecule has 6 heteroatoms. The Balaban J connectivity index is 1.37. The fourth-order valence-corrected chi connectivity index (χ4v) is 4.05. The molecule has 6 nitrogen and oxygen atoms in total. The Morgan fingerprint density at radius 3 is 2.20 bits per heavy atom. The lowest BCUT2D eigenvalue weighted by Crippen LogP contribution is -2.54. The number of carbonyl (C=O) groups excluding carboxylic acids is 3. The number of carbonyl (C=O) groups is 3. The first kappa shape index (κ1) is 20.1. The van der Waals surface area contributed by atoms with Gasteiger partial charge in [-0.05, 0) is 48.6 Å². The highest BCUT2D eigenvalue weighted by Crippen LogP contribution is 2.20. The quantitative estimate of drug-likeness (QED) is 0.735. The SMILES string of the molecule is CC1CCN(C(=O)c2ccc(CN3CCN(c4ccccc4)C(=O)C3=O)cc2)CC1. The topological polar surface area (TPSA) is 60.9 Å². The molecule has 2 aromatic carbocycles. The minimum Gasteiger partial charge on any atom is -0.339 e. The number of hydrogen-bond donors (Lipinski definition) is 0. The van der Waals surface area contributed by atoms with Gasteiger partial charge in [0.1, 0.15) is 0 Å². The van der Waals surface area contributed by atoms with E-state index in [9.17, 15) is 14.4 Å². The Morgan fingerprint density at radius 1 is 0.867 bits per heavy atom. The molecule has 0 aliphatic carbocycles. The number of nitrogens with zero attached hydrogens (tertiary/aromatic N) is 3. The van der Waals surface area contributed by atoms with Crippen molar-refractivity contribution >= 4 is 23.4 Å². The highest BCUT2D eigenvalue weighted by atomic mass is 16.2. The summed E-state index contributed by atoms with van der Waals surface area (Å²) in [4.78, 5) is 42.9. The van der Waals surface area contributed by atoms with E-state index in [0.29, 0.717) is 31.1 Å². The molecule has 2 heterocycles. The van der Waals surface area contributed by atoms with Gasteiger partial charge in [-0.3, -0.25) is 14.4 Å². The van der Waals surface area contributed by atoms with Crippen molar-refractivity contribution in [3.8, 4) is 0 Å². The maximum atomic E-state index is 12.7. The van der Waals surface area contributed by atoms with Crippen LogP contribution in [-0.4, -0.2) is 53.7 Å². The number of benzene rings is 2. The lowest BCUT2D eigenvalue weighted by Gasteiger charge is -2.33. The molecule has 2 fully saturated rings. The van der Waals surface area contributed by atoms with E-state index >= 15 is 0 Å². The second kappa shape index (κ2) is 8.69. The molecule has 3 amide bonds. The summed E-state index contributed by atoms with van der Waals surface area (Å²) in [5, 5.41) is 0. The third kappa shape index (κ3) is 4.22. The van der Waals surface area contributed by atoms with Crippen molar-refractivity contribution in [3.05, 3.63) is 65.7 Å². The van der Waals surface area contributed by atoms with Gasteiger partial charge in [0, 0.05) is 44.0 Å². The number of piperazine rings is 1. The van der Waals surface area contributed by atoms with Crippen LogP contribution in [0.25, 0.3) is 0 Å².